The molecule has 0 fully saturated rings. The van der Waals surface area contributed by atoms with Crippen molar-refractivity contribution in [3.05, 3.63) is 28.5 Å². The van der Waals surface area contributed by atoms with Gasteiger partial charge in [-0.25, -0.2) is 13.6 Å². The van der Waals surface area contributed by atoms with Crippen LogP contribution >= 0.6 is 11.6 Å². The van der Waals surface area contributed by atoms with Gasteiger partial charge in [-0.15, -0.1) is 0 Å². The summed E-state index contributed by atoms with van der Waals surface area (Å²) in [6, 6.07) is 0.899. The summed E-state index contributed by atoms with van der Waals surface area (Å²) in [5.74, 6) is -1.98. The summed E-state index contributed by atoms with van der Waals surface area (Å²) in [6.45, 7) is 3.48. The maximum atomic E-state index is 13.8. The molecule has 0 aromatic heterocycles. The highest BCUT2D eigenvalue weighted by molar-refractivity contribution is 6.32. The van der Waals surface area contributed by atoms with Crippen LogP contribution < -0.4 is 10.5 Å². The number of carbonyl (C=O) groups is 1. The zero-order valence-electron chi connectivity index (χ0n) is 11.2. The quantitative estimate of drug-likeness (QED) is 0.821. The first-order valence-electron chi connectivity index (χ1n) is 6.10. The van der Waals surface area contributed by atoms with Crippen molar-refractivity contribution in [2.24, 2.45) is 5.73 Å². The van der Waals surface area contributed by atoms with Gasteiger partial charge in [0.25, 0.3) is 0 Å². The molecule has 0 saturated carbocycles. The molecule has 2 N–H and O–H groups in total. The first kappa shape index (κ1) is 16.7. The number of hydrogen-bond acceptors (Lipinski definition) is 4. The van der Waals surface area contributed by atoms with E-state index in [9.17, 15) is 13.6 Å². The van der Waals surface area contributed by atoms with Crippen LogP contribution in [0.4, 0.5) is 8.78 Å². The molecule has 112 valence electrons. The van der Waals surface area contributed by atoms with Gasteiger partial charge < -0.3 is 15.2 Å². The van der Waals surface area contributed by atoms with Crippen molar-refractivity contribution in [1.29, 1.82) is 0 Å². The summed E-state index contributed by atoms with van der Waals surface area (Å²) < 4.78 is 37.1. The second-order valence-corrected chi connectivity index (χ2v) is 4.33. The predicted octanol–water partition coefficient (Wildman–Crippen LogP) is 2.78. The Hall–Kier alpha value is -1.40. The van der Waals surface area contributed by atoms with Crippen LogP contribution in [-0.2, 0) is 9.53 Å². The number of alkyl halides is 1. The number of rotatable bonds is 6. The van der Waals surface area contributed by atoms with E-state index in [-0.39, 0.29) is 29.5 Å². The number of halogens is 3. The van der Waals surface area contributed by atoms with Gasteiger partial charge in [-0.3, -0.25) is 0 Å². The third-order valence-corrected chi connectivity index (χ3v) is 2.80. The van der Waals surface area contributed by atoms with Crippen molar-refractivity contribution < 1.29 is 23.0 Å². The summed E-state index contributed by atoms with van der Waals surface area (Å²) in [6.07, 6.45) is -2.09. The molecule has 0 aliphatic rings. The standard InChI is InChI=1S/C13H16ClF2NO3/c1-3-19-12-8(14)5-7(6-9(12)15)11(17)10(16)13(18)20-4-2/h5-6,10-11H,3-4,17H2,1-2H3/t10?,11-/m1/s1. The van der Waals surface area contributed by atoms with Crippen LogP contribution in [0, 0.1) is 5.82 Å². The van der Waals surface area contributed by atoms with Crippen molar-refractivity contribution in [3.8, 4) is 5.75 Å². The highest BCUT2D eigenvalue weighted by atomic mass is 35.5. The van der Waals surface area contributed by atoms with E-state index in [0.717, 1.165) is 6.07 Å². The van der Waals surface area contributed by atoms with E-state index in [2.05, 4.69) is 4.74 Å². The first-order chi connectivity index (χ1) is 9.42. The lowest BCUT2D eigenvalue weighted by molar-refractivity contribution is -0.149. The minimum absolute atomic E-state index is 0.0321. The highest BCUT2D eigenvalue weighted by Gasteiger charge is 2.29. The number of esters is 1. The molecule has 1 aromatic carbocycles. The number of nitrogens with two attached hydrogens (primary N) is 1. The SMILES string of the molecule is CCOC(=O)C(F)[C@H](N)c1cc(F)c(OCC)c(Cl)c1. The molecule has 0 spiro atoms. The van der Waals surface area contributed by atoms with E-state index in [0.29, 0.717) is 0 Å². The molecule has 0 heterocycles. The summed E-state index contributed by atoms with van der Waals surface area (Å²) in [7, 11) is 0. The lowest BCUT2D eigenvalue weighted by Crippen LogP contribution is -2.31. The molecule has 0 aliphatic heterocycles. The Morgan fingerprint density at radius 3 is 2.55 bits per heavy atom. The topological polar surface area (TPSA) is 61.5 Å². The van der Waals surface area contributed by atoms with Crippen molar-refractivity contribution in [2.75, 3.05) is 13.2 Å². The largest absolute Gasteiger partial charge is 0.489 e. The summed E-state index contributed by atoms with van der Waals surface area (Å²) in [4.78, 5) is 11.3. The van der Waals surface area contributed by atoms with Crippen LogP contribution in [0.15, 0.2) is 12.1 Å². The van der Waals surface area contributed by atoms with Crippen LogP contribution in [0.2, 0.25) is 5.02 Å². The van der Waals surface area contributed by atoms with Crippen molar-refractivity contribution in [2.45, 2.75) is 26.1 Å². The fourth-order valence-corrected chi connectivity index (χ4v) is 1.86. The lowest BCUT2D eigenvalue weighted by atomic mass is 10.0. The van der Waals surface area contributed by atoms with Crippen molar-refractivity contribution in [1.82, 2.24) is 0 Å². The maximum absolute atomic E-state index is 13.8. The molecular weight excluding hydrogens is 292 g/mol. The van der Waals surface area contributed by atoms with E-state index in [1.54, 1.807) is 13.8 Å². The molecule has 20 heavy (non-hydrogen) atoms. The molecule has 1 unspecified atom stereocenters. The zero-order chi connectivity index (χ0) is 15.3. The van der Waals surface area contributed by atoms with E-state index < -0.39 is 24.0 Å². The molecule has 7 heteroatoms. The van der Waals surface area contributed by atoms with Gasteiger partial charge in [0, 0.05) is 0 Å². The third kappa shape index (κ3) is 3.80. The monoisotopic (exact) mass is 307 g/mol. The minimum Gasteiger partial charge on any atom is -0.489 e. The lowest BCUT2D eigenvalue weighted by Gasteiger charge is -2.17. The Labute approximate surface area is 120 Å². The Bertz CT molecular complexity index is 462. The zero-order valence-corrected chi connectivity index (χ0v) is 11.9. The smallest absolute Gasteiger partial charge is 0.342 e. The van der Waals surface area contributed by atoms with Crippen LogP contribution in [-0.4, -0.2) is 25.4 Å². The molecule has 4 nitrogen and oxygen atoms in total. The van der Waals surface area contributed by atoms with Gasteiger partial charge in [0.1, 0.15) is 0 Å². The second-order valence-electron chi connectivity index (χ2n) is 3.93. The number of carbonyl (C=O) groups excluding carboxylic acids is 1. The van der Waals surface area contributed by atoms with E-state index in [1.165, 1.54) is 6.07 Å². The van der Waals surface area contributed by atoms with Gasteiger partial charge >= 0.3 is 5.97 Å². The van der Waals surface area contributed by atoms with Gasteiger partial charge in [-0.05, 0) is 31.5 Å². The summed E-state index contributed by atoms with van der Waals surface area (Å²) in [5.41, 5.74) is 5.64. The van der Waals surface area contributed by atoms with Gasteiger partial charge in [0.2, 0.25) is 6.17 Å². The maximum Gasteiger partial charge on any atom is 0.342 e. The van der Waals surface area contributed by atoms with Gasteiger partial charge in [0.15, 0.2) is 11.6 Å². The normalized spacial score (nSPS) is 13.7. The van der Waals surface area contributed by atoms with Gasteiger partial charge in [-0.2, -0.15) is 0 Å². The summed E-state index contributed by atoms with van der Waals surface area (Å²) >= 11 is 5.84. The average Bonchev–Trinajstić information content (AvgIpc) is 2.41. The molecule has 0 bridgehead atoms. The molecule has 0 aliphatic carbocycles. The van der Waals surface area contributed by atoms with E-state index in [4.69, 9.17) is 22.1 Å². The average molecular weight is 308 g/mol. The predicted molar refractivity (Wildman–Crippen MR) is 71.0 cm³/mol. The Morgan fingerprint density at radius 2 is 2.05 bits per heavy atom. The Balaban J connectivity index is 2.99. The Kier molecular flexibility index (Phi) is 6.16. The Morgan fingerprint density at radius 1 is 1.40 bits per heavy atom. The molecular formula is C13H16ClF2NO3. The van der Waals surface area contributed by atoms with Gasteiger partial charge in [-0.1, -0.05) is 11.6 Å². The van der Waals surface area contributed by atoms with E-state index >= 15 is 0 Å². The molecule has 0 amide bonds. The van der Waals surface area contributed by atoms with Crippen molar-refractivity contribution in [3.63, 3.8) is 0 Å². The van der Waals surface area contributed by atoms with Crippen LogP contribution in [0.5, 0.6) is 5.75 Å². The highest BCUT2D eigenvalue weighted by Crippen LogP contribution is 2.32. The van der Waals surface area contributed by atoms with Gasteiger partial charge in [0.05, 0.1) is 24.3 Å². The number of hydrogen-bond donors (Lipinski definition) is 1. The third-order valence-electron chi connectivity index (χ3n) is 2.52. The van der Waals surface area contributed by atoms with Crippen LogP contribution in [0.3, 0.4) is 0 Å². The molecule has 0 radical (unpaired) electrons. The van der Waals surface area contributed by atoms with Crippen LogP contribution in [0.25, 0.3) is 0 Å². The fourth-order valence-electron chi connectivity index (χ4n) is 1.59. The van der Waals surface area contributed by atoms with E-state index in [1.807, 2.05) is 0 Å². The van der Waals surface area contributed by atoms with Crippen molar-refractivity contribution >= 4 is 17.6 Å². The number of ether oxygens (including phenoxy) is 2. The molecule has 2 atom stereocenters. The molecule has 1 rings (SSSR count). The fraction of sp³-hybridized carbons (Fsp3) is 0.462. The molecule has 1 aromatic rings. The summed E-state index contributed by atoms with van der Waals surface area (Å²) in [5, 5.41) is -0.0339. The molecule has 0 saturated heterocycles. The minimum atomic E-state index is -2.09. The first-order valence-corrected chi connectivity index (χ1v) is 6.48. The second kappa shape index (κ2) is 7.40. The number of benzene rings is 1. The van der Waals surface area contributed by atoms with Crippen LogP contribution in [0.1, 0.15) is 25.5 Å².